The molecule has 3 unspecified atom stereocenters. The first-order chi connectivity index (χ1) is 35.4. The maximum Gasteiger partial charge on any atom is 0.513 e. The van der Waals surface area contributed by atoms with Crippen molar-refractivity contribution in [2.75, 3.05) is 69.0 Å². The predicted octanol–water partition coefficient (Wildman–Crippen LogP) is 11.5. The molecule has 73 heavy (non-hydrogen) atoms. The minimum absolute atomic E-state index is 0.105. The van der Waals surface area contributed by atoms with E-state index in [1.54, 1.807) is 34.8 Å². The first kappa shape index (κ1) is 52.6. The van der Waals surface area contributed by atoms with Gasteiger partial charge in [0, 0.05) is 60.2 Å². The van der Waals surface area contributed by atoms with Crippen LogP contribution >= 0.6 is 69.4 Å². The third-order valence-corrected chi connectivity index (χ3v) is 17.7. The fourth-order valence-corrected chi connectivity index (χ4v) is 13.0. The highest BCUT2D eigenvalue weighted by atomic mass is 35.5. The minimum Gasteiger partial charge on any atom is -0.434 e. The van der Waals surface area contributed by atoms with Gasteiger partial charge in [-0.25, -0.2) is 4.79 Å². The van der Waals surface area contributed by atoms with Crippen LogP contribution in [0.15, 0.2) is 151 Å². The van der Waals surface area contributed by atoms with Gasteiger partial charge < -0.3 is 39.4 Å². The number of anilines is 2. The van der Waals surface area contributed by atoms with Gasteiger partial charge in [0.15, 0.2) is 5.78 Å². The molecule has 6 aromatic rings. The smallest absolute Gasteiger partial charge is 0.434 e. The van der Waals surface area contributed by atoms with Gasteiger partial charge in [-0.15, -0.1) is 11.8 Å². The molecule has 18 heteroatoms. The number of hydrogen-bond donors (Lipinski definition) is 2. The highest BCUT2D eigenvalue weighted by Gasteiger charge is 2.48. The molecule has 3 fully saturated rings. The van der Waals surface area contributed by atoms with Gasteiger partial charge >= 0.3 is 6.16 Å². The molecule has 6 heterocycles. The summed E-state index contributed by atoms with van der Waals surface area (Å²) in [6.45, 7) is 10.3. The van der Waals surface area contributed by atoms with Gasteiger partial charge in [-0.05, 0) is 110 Å². The summed E-state index contributed by atoms with van der Waals surface area (Å²) in [5.41, 5.74) is 4.00. The van der Waals surface area contributed by atoms with Crippen LogP contribution in [0.4, 0.5) is 16.2 Å². The Balaban J connectivity index is 0.000000183. The molecular formula is C55H54Cl2N4O8S4. The number of ketones is 1. The van der Waals surface area contributed by atoms with Gasteiger partial charge in [0.25, 0.3) is 5.91 Å². The molecule has 0 spiro atoms. The molecular weight excluding hydrogens is 1040 g/mol. The summed E-state index contributed by atoms with van der Waals surface area (Å²) in [5, 5.41) is 14.7. The first-order valence-electron chi connectivity index (χ1n) is 23.9. The Morgan fingerprint density at radius 3 is 1.67 bits per heavy atom. The number of benzene rings is 4. The molecule has 3 saturated heterocycles. The number of carbonyl (C=O) groups is 4. The number of hydrogen-bond acceptors (Lipinski definition) is 14. The van der Waals surface area contributed by atoms with Crippen molar-refractivity contribution in [3.63, 3.8) is 0 Å². The number of morpholine rings is 2. The van der Waals surface area contributed by atoms with Crippen molar-refractivity contribution in [1.29, 1.82) is 0 Å². The number of carbonyl (C=O) groups excluding carboxylic acids is 4. The van der Waals surface area contributed by atoms with Gasteiger partial charge in [0.05, 0.1) is 54.2 Å². The lowest BCUT2D eigenvalue weighted by atomic mass is 9.77. The summed E-state index contributed by atoms with van der Waals surface area (Å²) in [5.74, 6) is -0.369. The van der Waals surface area contributed by atoms with Crippen LogP contribution in [0.2, 0.25) is 10.0 Å². The van der Waals surface area contributed by atoms with E-state index >= 15 is 0 Å². The Labute approximate surface area is 451 Å². The number of Topliss-reactive ketones (excluding diaryl/α,β-unsaturated/α-hetero) is 1. The summed E-state index contributed by atoms with van der Waals surface area (Å²) in [6, 6.07) is 34.9. The van der Waals surface area contributed by atoms with Crippen LogP contribution in [0.3, 0.4) is 0 Å². The number of ether oxygens (including phenoxy) is 4. The number of piperidine rings is 1. The fourth-order valence-electron chi connectivity index (χ4n) is 9.14. The number of nitrogens with zero attached hydrogens (tertiary/aromatic N) is 2. The Hall–Kier alpha value is -5.30. The van der Waals surface area contributed by atoms with Crippen LogP contribution in [-0.4, -0.2) is 88.2 Å². The molecule has 0 aliphatic carbocycles. The lowest BCUT2D eigenvalue weighted by molar-refractivity contribution is -0.133. The van der Waals surface area contributed by atoms with E-state index in [1.807, 2.05) is 108 Å². The molecule has 4 aromatic carbocycles. The second kappa shape index (κ2) is 23.9. The Morgan fingerprint density at radius 2 is 1.19 bits per heavy atom. The third-order valence-electron chi connectivity index (χ3n) is 12.9. The molecule has 0 bridgehead atoms. The second-order valence-corrected chi connectivity index (χ2v) is 22.7. The Morgan fingerprint density at radius 1 is 0.685 bits per heavy atom. The van der Waals surface area contributed by atoms with E-state index in [-0.39, 0.29) is 53.6 Å². The molecule has 4 aliphatic heterocycles. The van der Waals surface area contributed by atoms with Crippen molar-refractivity contribution in [1.82, 2.24) is 10.6 Å². The average Bonchev–Trinajstić information content (AvgIpc) is 4.17. The zero-order valence-electron chi connectivity index (χ0n) is 40.2. The predicted molar refractivity (Wildman–Crippen MR) is 292 cm³/mol. The summed E-state index contributed by atoms with van der Waals surface area (Å²) in [6.07, 6.45) is -0.428. The van der Waals surface area contributed by atoms with Crippen molar-refractivity contribution in [2.45, 2.75) is 52.8 Å². The highest BCUT2D eigenvalue weighted by molar-refractivity contribution is 8.04. The number of rotatable bonds is 13. The highest BCUT2D eigenvalue weighted by Crippen LogP contribution is 2.46. The van der Waals surface area contributed by atoms with Crippen molar-refractivity contribution in [3.8, 4) is 0 Å². The molecule has 2 amide bonds. The number of amides is 2. The standard InChI is InChI=1S/C30H31ClN2O5S2.C25H23ClN2O3S2/c1-20(2)18-37-29(35)38-25-17-30(22-11-16-39-19-22,21-7-9-23(10-8-21)33-12-14-36-15-13-33)32-28(34)27(25)40-26-6-4-3-5-24(26)31;26-20-3-1-2-4-22(20)33-23-21(29)15-25(27-24(23)30,18-9-14-32-16-18)17-5-7-19(8-6-17)28-10-12-31-13-11-28/h3-11,16,19-20H,12-15,17-18H2,1-2H3,(H,32,34);1-9,14,16,23H,10-13,15H2,(H,27,30). The number of nitrogens with one attached hydrogen (secondary N) is 2. The lowest BCUT2D eigenvalue weighted by Gasteiger charge is -2.40. The van der Waals surface area contributed by atoms with Crippen LogP contribution < -0.4 is 20.4 Å². The zero-order valence-corrected chi connectivity index (χ0v) is 45.0. The summed E-state index contributed by atoms with van der Waals surface area (Å²) in [4.78, 5) is 59.6. The van der Waals surface area contributed by atoms with Crippen LogP contribution in [0.1, 0.15) is 48.9 Å². The molecule has 2 aromatic heterocycles. The molecule has 2 N–H and O–H groups in total. The maximum absolute atomic E-state index is 13.9. The summed E-state index contributed by atoms with van der Waals surface area (Å²) >= 11 is 18.2. The lowest BCUT2D eigenvalue weighted by Crippen LogP contribution is -2.57. The van der Waals surface area contributed by atoms with Crippen LogP contribution in [0.5, 0.6) is 0 Å². The second-order valence-electron chi connectivity index (χ2n) is 18.2. The van der Waals surface area contributed by atoms with Crippen molar-refractivity contribution in [3.05, 3.63) is 174 Å². The molecule has 380 valence electrons. The molecule has 10 rings (SSSR count). The van der Waals surface area contributed by atoms with Gasteiger partial charge in [0.1, 0.15) is 15.9 Å². The van der Waals surface area contributed by atoms with E-state index in [0.717, 1.165) is 77.9 Å². The molecule has 0 saturated carbocycles. The summed E-state index contributed by atoms with van der Waals surface area (Å²) < 4.78 is 22.1. The van der Waals surface area contributed by atoms with E-state index < -0.39 is 22.5 Å². The number of halogens is 2. The quantitative estimate of drug-likeness (QED) is 0.0842. The maximum atomic E-state index is 13.9. The number of thioether (sulfide) groups is 2. The van der Waals surface area contributed by atoms with E-state index in [4.69, 9.17) is 42.1 Å². The topological polar surface area (TPSA) is 136 Å². The molecule has 0 radical (unpaired) electrons. The van der Waals surface area contributed by atoms with Crippen molar-refractivity contribution in [2.24, 2.45) is 5.92 Å². The van der Waals surface area contributed by atoms with Crippen molar-refractivity contribution >= 4 is 105 Å². The van der Waals surface area contributed by atoms with Crippen LogP contribution in [0, 0.1) is 5.92 Å². The van der Waals surface area contributed by atoms with Gasteiger partial charge in [-0.2, -0.15) is 22.7 Å². The zero-order chi connectivity index (χ0) is 51.0. The average molecular weight is 1100 g/mol. The summed E-state index contributed by atoms with van der Waals surface area (Å²) in [7, 11) is 0. The minimum atomic E-state index is -0.946. The number of thiophene rings is 2. The molecule has 12 nitrogen and oxygen atoms in total. The van der Waals surface area contributed by atoms with Gasteiger partial charge in [-0.1, -0.05) is 97.3 Å². The van der Waals surface area contributed by atoms with E-state index in [0.29, 0.717) is 28.2 Å². The third kappa shape index (κ3) is 12.1. The Bertz CT molecular complexity index is 2890. The van der Waals surface area contributed by atoms with Crippen LogP contribution in [0.25, 0.3) is 0 Å². The first-order valence-corrected chi connectivity index (χ1v) is 28.3. The largest absolute Gasteiger partial charge is 0.513 e. The van der Waals surface area contributed by atoms with Crippen LogP contribution in [-0.2, 0) is 44.4 Å². The van der Waals surface area contributed by atoms with Gasteiger partial charge in [0.2, 0.25) is 5.91 Å². The normalized spacial score (nSPS) is 21.3. The fraction of sp³-hybridized carbons (Fsp3) is 0.309. The van der Waals surface area contributed by atoms with Crippen molar-refractivity contribution < 1.29 is 38.1 Å². The van der Waals surface area contributed by atoms with Gasteiger partial charge in [-0.3, -0.25) is 14.4 Å². The van der Waals surface area contributed by atoms with E-state index in [9.17, 15) is 19.2 Å². The Kier molecular flexibility index (Phi) is 17.2. The molecule has 3 atom stereocenters. The SMILES string of the molecule is CC(C)COC(=O)OC1=C(Sc2ccccc2Cl)C(=O)NC(c2ccc(N3CCOCC3)cc2)(c2ccsc2)C1.O=C1CC(c2ccc(N3CCOCC3)cc2)(c2ccsc2)NC(=O)C1Sc1ccccc1Cl. The monoisotopic (exact) mass is 1100 g/mol. The van der Waals surface area contributed by atoms with E-state index in [1.165, 1.54) is 23.5 Å². The molecule has 4 aliphatic rings. The van der Waals surface area contributed by atoms with E-state index in [2.05, 4.69) is 44.7 Å².